The molecule has 0 atom stereocenters. The summed E-state index contributed by atoms with van der Waals surface area (Å²) in [7, 11) is 0. The molecule has 0 unspecified atom stereocenters. The van der Waals surface area contributed by atoms with Crippen LogP contribution in [0.3, 0.4) is 0 Å². The van der Waals surface area contributed by atoms with Crippen molar-refractivity contribution in [2.45, 2.75) is 43.6 Å². The summed E-state index contributed by atoms with van der Waals surface area (Å²) in [6.45, 7) is 1.49. The summed E-state index contributed by atoms with van der Waals surface area (Å²) in [5.74, 6) is -2.08. The lowest BCUT2D eigenvalue weighted by Crippen LogP contribution is -2.62. The maximum absolute atomic E-state index is 13.8. The van der Waals surface area contributed by atoms with E-state index in [1.807, 2.05) is 6.07 Å². The Hall–Kier alpha value is -2.93. The number of carbonyl (C=O) groups excluding carboxylic acids is 1. The van der Waals surface area contributed by atoms with Crippen LogP contribution in [-0.4, -0.2) is 34.4 Å². The predicted molar refractivity (Wildman–Crippen MR) is 117 cm³/mol. The molecule has 3 aromatic rings. The first-order valence-electron chi connectivity index (χ1n) is 11.0. The van der Waals surface area contributed by atoms with Gasteiger partial charge in [0.05, 0.1) is 5.52 Å². The van der Waals surface area contributed by atoms with Crippen LogP contribution in [0.1, 0.15) is 43.6 Å². The van der Waals surface area contributed by atoms with Crippen LogP contribution in [0.4, 0.5) is 18.9 Å². The molecule has 4 nitrogen and oxygen atoms in total. The van der Waals surface area contributed by atoms with Crippen LogP contribution in [0.15, 0.2) is 48.7 Å². The van der Waals surface area contributed by atoms with Gasteiger partial charge in [0.25, 0.3) is 0 Å². The fourth-order valence-corrected chi connectivity index (χ4v) is 5.13. The van der Waals surface area contributed by atoms with E-state index in [0.717, 1.165) is 73.8 Å². The van der Waals surface area contributed by atoms with Gasteiger partial charge in [-0.3, -0.25) is 14.7 Å². The smallest absolute Gasteiger partial charge is 0.244 e. The highest BCUT2D eigenvalue weighted by molar-refractivity contribution is 5.98. The Morgan fingerprint density at radius 1 is 1.00 bits per heavy atom. The second kappa shape index (κ2) is 8.20. The van der Waals surface area contributed by atoms with Crippen molar-refractivity contribution in [1.82, 2.24) is 9.88 Å². The van der Waals surface area contributed by atoms with Crippen molar-refractivity contribution in [3.8, 4) is 0 Å². The number of hydrogen-bond donors (Lipinski definition) is 1. The van der Waals surface area contributed by atoms with E-state index in [1.165, 1.54) is 12.1 Å². The van der Waals surface area contributed by atoms with Crippen molar-refractivity contribution < 1.29 is 18.0 Å². The molecule has 0 radical (unpaired) electrons. The van der Waals surface area contributed by atoms with Gasteiger partial charge in [0.2, 0.25) is 5.91 Å². The minimum absolute atomic E-state index is 0.162. The molecule has 0 spiro atoms. The van der Waals surface area contributed by atoms with E-state index in [4.69, 9.17) is 0 Å². The third kappa shape index (κ3) is 3.64. The minimum atomic E-state index is -0.979. The maximum Gasteiger partial charge on any atom is 0.244 e. The first-order chi connectivity index (χ1) is 15.5. The highest BCUT2D eigenvalue weighted by atomic mass is 19.2. The number of halogens is 3. The highest BCUT2D eigenvalue weighted by Crippen LogP contribution is 2.43. The molecule has 1 amide bonds. The molecule has 1 aromatic heterocycles. The molecule has 1 saturated carbocycles. The molecule has 5 rings (SSSR count). The predicted octanol–water partition coefficient (Wildman–Crippen LogP) is 5.39. The highest BCUT2D eigenvalue weighted by Gasteiger charge is 2.49. The molecule has 1 aliphatic heterocycles. The summed E-state index contributed by atoms with van der Waals surface area (Å²) in [6.07, 6.45) is 5.93. The molecule has 32 heavy (non-hydrogen) atoms. The lowest BCUT2D eigenvalue weighted by molar-refractivity contribution is -0.135. The van der Waals surface area contributed by atoms with Crippen molar-refractivity contribution in [3.05, 3.63) is 71.7 Å². The van der Waals surface area contributed by atoms with Crippen LogP contribution in [0, 0.1) is 17.5 Å². The molecular weight excluding hydrogens is 415 g/mol. The van der Waals surface area contributed by atoms with Gasteiger partial charge in [-0.05, 0) is 93.1 Å². The van der Waals surface area contributed by atoms with Crippen molar-refractivity contribution >= 4 is 22.5 Å². The number of pyridine rings is 1. The monoisotopic (exact) mass is 439 g/mol. The number of piperidine rings is 1. The van der Waals surface area contributed by atoms with Crippen LogP contribution in [0.25, 0.3) is 10.9 Å². The quantitative estimate of drug-likeness (QED) is 0.593. The second-order valence-corrected chi connectivity index (χ2v) is 8.79. The molecular formula is C25H24F3N3O. The lowest BCUT2D eigenvalue weighted by atomic mass is 9.72. The molecule has 2 aliphatic rings. The van der Waals surface area contributed by atoms with Crippen molar-refractivity contribution in [1.29, 1.82) is 0 Å². The molecule has 166 valence electrons. The number of nitrogens with one attached hydrogen (secondary N) is 1. The largest absolute Gasteiger partial charge is 0.324 e. The maximum atomic E-state index is 13.8. The van der Waals surface area contributed by atoms with E-state index in [0.29, 0.717) is 0 Å². The van der Waals surface area contributed by atoms with Gasteiger partial charge < -0.3 is 5.32 Å². The number of anilines is 1. The van der Waals surface area contributed by atoms with Gasteiger partial charge in [-0.25, -0.2) is 13.2 Å². The second-order valence-electron chi connectivity index (χ2n) is 8.79. The summed E-state index contributed by atoms with van der Waals surface area (Å²) in [5, 5.41) is 3.63. The zero-order chi connectivity index (χ0) is 22.3. The molecule has 7 heteroatoms. The van der Waals surface area contributed by atoms with Gasteiger partial charge >= 0.3 is 0 Å². The van der Waals surface area contributed by atoms with Gasteiger partial charge in [-0.2, -0.15) is 0 Å². The van der Waals surface area contributed by atoms with Gasteiger partial charge in [0.1, 0.15) is 11.4 Å². The Morgan fingerprint density at radius 3 is 2.47 bits per heavy atom. The average Bonchev–Trinajstić information content (AvgIpc) is 2.76. The average molecular weight is 439 g/mol. The van der Waals surface area contributed by atoms with E-state index >= 15 is 0 Å². The van der Waals surface area contributed by atoms with Gasteiger partial charge in [0, 0.05) is 23.3 Å². The van der Waals surface area contributed by atoms with Crippen LogP contribution in [0.5, 0.6) is 0 Å². The van der Waals surface area contributed by atoms with E-state index in [-0.39, 0.29) is 23.3 Å². The van der Waals surface area contributed by atoms with Crippen molar-refractivity contribution in [2.24, 2.45) is 0 Å². The van der Waals surface area contributed by atoms with Gasteiger partial charge in [-0.15, -0.1) is 0 Å². The summed E-state index contributed by atoms with van der Waals surface area (Å²) in [4.78, 5) is 19.7. The third-order valence-corrected chi connectivity index (χ3v) is 7.06. The standard InChI is InChI=1S/C25H24F3N3O/c26-17-2-5-23-20(14-17)19(6-11-29-23)16-7-12-31(13-8-16)25(9-1-10-25)24(32)30-18-3-4-21(27)22(28)15-18/h2-6,11,14-16H,1,7-10,12-13H2,(H,30,32). The van der Waals surface area contributed by atoms with E-state index in [2.05, 4.69) is 15.2 Å². The summed E-state index contributed by atoms with van der Waals surface area (Å²) < 4.78 is 40.6. The van der Waals surface area contributed by atoms with Crippen molar-refractivity contribution in [3.63, 3.8) is 0 Å². The molecule has 2 aromatic carbocycles. The summed E-state index contributed by atoms with van der Waals surface area (Å²) >= 11 is 0. The number of benzene rings is 2. The fourth-order valence-electron chi connectivity index (χ4n) is 5.13. The number of aromatic nitrogens is 1. The van der Waals surface area contributed by atoms with E-state index in [1.54, 1.807) is 18.3 Å². The van der Waals surface area contributed by atoms with E-state index in [9.17, 15) is 18.0 Å². The zero-order valence-corrected chi connectivity index (χ0v) is 17.6. The molecule has 1 saturated heterocycles. The van der Waals surface area contributed by atoms with Crippen molar-refractivity contribution in [2.75, 3.05) is 18.4 Å². The Kier molecular flexibility index (Phi) is 5.37. The Labute approximate surface area is 184 Å². The zero-order valence-electron chi connectivity index (χ0n) is 17.6. The number of carbonyl (C=O) groups is 1. The number of nitrogens with zero attached hydrogens (tertiary/aromatic N) is 2. The van der Waals surface area contributed by atoms with E-state index < -0.39 is 17.2 Å². The minimum Gasteiger partial charge on any atom is -0.324 e. The third-order valence-electron chi connectivity index (χ3n) is 7.06. The number of amides is 1. The normalized spacial score (nSPS) is 19.0. The van der Waals surface area contributed by atoms with Crippen LogP contribution in [-0.2, 0) is 4.79 Å². The molecule has 1 N–H and O–H groups in total. The first kappa shape index (κ1) is 20.9. The fraction of sp³-hybridized carbons (Fsp3) is 0.360. The topological polar surface area (TPSA) is 45.2 Å². The summed E-state index contributed by atoms with van der Waals surface area (Å²) in [6, 6.07) is 10.1. The van der Waals surface area contributed by atoms with Gasteiger partial charge in [0.15, 0.2) is 11.6 Å². The molecule has 2 fully saturated rings. The Morgan fingerprint density at radius 2 is 1.78 bits per heavy atom. The number of hydrogen-bond acceptors (Lipinski definition) is 3. The number of likely N-dealkylation sites (tertiary alicyclic amines) is 1. The number of rotatable bonds is 4. The Balaban J connectivity index is 1.31. The number of fused-ring (bicyclic) bond motifs is 1. The molecule has 0 bridgehead atoms. The van der Waals surface area contributed by atoms with Crippen LogP contribution in [0.2, 0.25) is 0 Å². The van der Waals surface area contributed by atoms with Gasteiger partial charge in [-0.1, -0.05) is 0 Å². The molecule has 2 heterocycles. The lowest BCUT2D eigenvalue weighted by Gasteiger charge is -2.51. The van der Waals surface area contributed by atoms with Crippen LogP contribution >= 0.6 is 0 Å². The Bertz CT molecular complexity index is 1170. The van der Waals surface area contributed by atoms with Crippen LogP contribution < -0.4 is 5.32 Å². The molecule has 1 aliphatic carbocycles. The first-order valence-corrected chi connectivity index (χ1v) is 11.0. The SMILES string of the molecule is O=C(Nc1ccc(F)c(F)c1)C1(N2CCC(c3ccnc4ccc(F)cc34)CC2)CCC1. The summed E-state index contributed by atoms with van der Waals surface area (Å²) in [5.41, 5.74) is 1.54.